The molecule has 3 aliphatic heterocycles. The Balaban J connectivity index is 1.09. The molecule has 1 aromatic heterocycles. The van der Waals surface area contributed by atoms with Gasteiger partial charge in [0.25, 0.3) is 0 Å². The third-order valence-electron chi connectivity index (χ3n) is 19.9. The average Bonchev–Trinajstić information content (AvgIpc) is 4.05. The van der Waals surface area contributed by atoms with Crippen LogP contribution in [-0.2, 0) is 35.5 Å². The maximum atomic E-state index is 14.8. The fourth-order valence-corrected chi connectivity index (χ4v) is 19.8. The van der Waals surface area contributed by atoms with Crippen molar-refractivity contribution in [2.45, 2.75) is 256 Å². The smallest absolute Gasteiger partial charge is 0.126 e. The van der Waals surface area contributed by atoms with Crippen molar-refractivity contribution in [3.63, 3.8) is 0 Å². The number of aromatic nitrogens is 2. The minimum atomic E-state index is -2.25. The van der Waals surface area contributed by atoms with E-state index < -0.39 is 103 Å². The van der Waals surface area contributed by atoms with Gasteiger partial charge in [-0.25, -0.2) is 0 Å². The molecular formula is C67H113N4O11P. The topological polar surface area (TPSA) is 189 Å². The number of carbonyl (C=O) groups excluding carboxylic acids is 1. The van der Waals surface area contributed by atoms with Gasteiger partial charge >= 0.3 is 196 Å². The maximum Gasteiger partial charge on any atom is 0.126 e. The number of cyclic esters (lactones) is 1. The van der Waals surface area contributed by atoms with Crippen molar-refractivity contribution >= 4 is 29.1 Å². The summed E-state index contributed by atoms with van der Waals surface area (Å²) in [6.07, 6.45) is 12.9. The number of likely N-dealkylation sites (N-methyl/N-ethyl adjacent to an activating group) is 1. The second kappa shape index (κ2) is 31.3. The normalized spacial score (nSPS) is 35.9. The number of benzene rings is 2. The Morgan fingerprint density at radius 2 is 1.31 bits per heavy atom. The summed E-state index contributed by atoms with van der Waals surface area (Å²) in [5.74, 6) is -2.95. The number of rotatable bonds is 24. The van der Waals surface area contributed by atoms with Crippen LogP contribution in [0.1, 0.15) is 172 Å². The summed E-state index contributed by atoms with van der Waals surface area (Å²) in [7, 11) is 5.17. The van der Waals surface area contributed by atoms with Crippen LogP contribution >= 0.6 is 7.26 Å². The van der Waals surface area contributed by atoms with E-state index in [2.05, 4.69) is 90.0 Å². The molecule has 16 heteroatoms. The summed E-state index contributed by atoms with van der Waals surface area (Å²) in [6, 6.07) is 21.5. The van der Waals surface area contributed by atoms with Gasteiger partial charge in [-0.15, -0.1) is 0 Å². The Hall–Kier alpha value is -2.89. The average molecular weight is 1180 g/mol. The molecule has 4 heterocycles. The van der Waals surface area contributed by atoms with Crippen LogP contribution in [0.3, 0.4) is 0 Å². The zero-order valence-electron chi connectivity index (χ0n) is 53.5. The molecule has 3 fully saturated rings. The van der Waals surface area contributed by atoms with Crippen molar-refractivity contribution in [3.8, 4) is 0 Å². The number of unbranched alkanes of at least 4 members (excludes halogenated alkanes) is 11. The van der Waals surface area contributed by atoms with Crippen LogP contribution < -0.4 is 15.9 Å². The number of aliphatic hydroxyl groups is 5. The molecule has 3 aliphatic rings. The van der Waals surface area contributed by atoms with Gasteiger partial charge in [0.1, 0.15) is 30.0 Å². The second-order valence-electron chi connectivity index (χ2n) is 26.8. The first-order chi connectivity index (χ1) is 39.3. The maximum absolute atomic E-state index is 14.8. The van der Waals surface area contributed by atoms with Crippen molar-refractivity contribution < 1.29 is 54.0 Å². The molecule has 15 nitrogen and oxygen atoms in total. The first kappa shape index (κ1) is 69.2. The largest absolute Gasteiger partial charge is 0.388 e. The van der Waals surface area contributed by atoms with Gasteiger partial charge in [0, 0.05) is 38.1 Å². The summed E-state index contributed by atoms with van der Waals surface area (Å²) in [6.45, 7) is 19.7. The fourth-order valence-electron chi connectivity index (χ4n) is 14.9. The van der Waals surface area contributed by atoms with Crippen LogP contribution in [0.4, 0.5) is 0 Å². The van der Waals surface area contributed by atoms with E-state index in [-0.39, 0.29) is 37.3 Å². The zero-order valence-corrected chi connectivity index (χ0v) is 54.5. The molecule has 0 radical (unpaired) electrons. The SMILES string of the molecule is CC[C@H]1OC(=O)[C@H](C)[C@@H](C2C[C@@](C)(OC)[C@@H](O)[C@H](C)O2)[C@H](C)[C@@H](O[C@@H]2O[C@H](C)C[C@H](N(C)C)[C@H]2O)[C@](C)(O)C[C@@H](C)CN(CCCCCCCCCCCCCC[PH](c2ccccc2)(c2ccccc2)c2cnn(C)c2)[C@H](C)[C@@H](O)[C@]1(C)O. The number of aryl methyl sites for hydroxylation is 1. The standard InChI is InChI=1S/C67H113N4O11P/c1-15-57-67(10,77)60(73)50(6)71(38-32-24-22-20-18-16-17-19-21-23-25-33-39-83(52-34-28-26-29-35-52,53-36-30-27-31-37-53)54-43-68-70(13)45-54)44-46(2)41-65(8,76)62(82-64-59(72)55(69(11)12)40-47(3)79-64)48(4)58(49(5)63(75)81-57)56-42-66(9,78-14)61(74)51(7)80-56/h26-31,34-37,43,45-51,55-62,64,72-74,76-77,83H,15-25,32-33,38-42,44H2,1-14H3/t46-,47-,48+,49-,50-,51+,55+,56?,57-,58+,59-,60-,61+,62-,64+,65-,66-,67-/m1/s1. The summed E-state index contributed by atoms with van der Waals surface area (Å²) in [5.41, 5.74) is -4.39. The van der Waals surface area contributed by atoms with E-state index in [1.54, 1.807) is 34.8 Å². The molecule has 3 saturated heterocycles. The molecule has 0 spiro atoms. The summed E-state index contributed by atoms with van der Waals surface area (Å²) < 4.78 is 34.3. The molecule has 3 aromatic rings. The van der Waals surface area contributed by atoms with Crippen molar-refractivity contribution in [3.05, 3.63) is 73.1 Å². The molecule has 0 amide bonds. The third kappa shape index (κ3) is 17.3. The molecule has 83 heavy (non-hydrogen) atoms. The number of ether oxygens (including phenoxy) is 5. The predicted octanol–water partition coefficient (Wildman–Crippen LogP) is 8.69. The van der Waals surface area contributed by atoms with E-state index in [0.29, 0.717) is 19.5 Å². The monoisotopic (exact) mass is 1180 g/mol. The first-order valence-electron chi connectivity index (χ1n) is 32.0. The van der Waals surface area contributed by atoms with Gasteiger partial charge in [0.2, 0.25) is 0 Å². The Morgan fingerprint density at radius 3 is 1.83 bits per heavy atom. The van der Waals surface area contributed by atoms with Crippen LogP contribution in [0.15, 0.2) is 73.1 Å². The van der Waals surface area contributed by atoms with Gasteiger partial charge in [-0.2, -0.15) is 0 Å². The molecule has 0 aliphatic carbocycles. The number of carbonyl (C=O) groups is 1. The van der Waals surface area contributed by atoms with Crippen molar-refractivity contribution in [1.82, 2.24) is 19.6 Å². The summed E-state index contributed by atoms with van der Waals surface area (Å²) in [4.78, 5) is 19.0. The molecule has 472 valence electrons. The van der Waals surface area contributed by atoms with E-state index >= 15 is 0 Å². The third-order valence-corrected chi connectivity index (χ3v) is 24.8. The Kier molecular flexibility index (Phi) is 26.1. The van der Waals surface area contributed by atoms with Gasteiger partial charge < -0.3 is 54.1 Å². The number of hydrogen-bond acceptors (Lipinski definition) is 14. The fraction of sp³-hybridized carbons (Fsp3) is 0.761. The van der Waals surface area contributed by atoms with E-state index in [1.165, 1.54) is 67.3 Å². The number of nitrogens with zero attached hydrogens (tertiary/aromatic N) is 4. The van der Waals surface area contributed by atoms with E-state index in [0.717, 1.165) is 31.8 Å². The Labute approximate surface area is 500 Å². The number of methoxy groups -OCH3 is 1. The molecule has 5 N–H and O–H groups in total. The van der Waals surface area contributed by atoms with E-state index in [1.807, 2.05) is 65.3 Å². The Morgan fingerprint density at radius 1 is 0.759 bits per heavy atom. The second-order valence-corrected chi connectivity index (χ2v) is 30.9. The summed E-state index contributed by atoms with van der Waals surface area (Å²) >= 11 is 0. The molecule has 6 rings (SSSR count). The zero-order chi connectivity index (χ0) is 60.9. The minimum Gasteiger partial charge on any atom is -0.388 e. The van der Waals surface area contributed by atoms with Crippen LogP contribution in [0.2, 0.25) is 0 Å². The minimum absolute atomic E-state index is 0.141. The molecule has 18 atom stereocenters. The van der Waals surface area contributed by atoms with Gasteiger partial charge in [0.05, 0.1) is 41.5 Å². The van der Waals surface area contributed by atoms with Gasteiger partial charge in [-0.1, -0.05) is 27.7 Å². The van der Waals surface area contributed by atoms with E-state index in [4.69, 9.17) is 23.7 Å². The van der Waals surface area contributed by atoms with Crippen molar-refractivity contribution in [1.29, 1.82) is 0 Å². The van der Waals surface area contributed by atoms with Crippen LogP contribution in [-0.4, -0.2) is 176 Å². The summed E-state index contributed by atoms with van der Waals surface area (Å²) in [5, 5.41) is 69.9. The van der Waals surface area contributed by atoms with Gasteiger partial charge in [-0.3, -0.25) is 9.69 Å². The van der Waals surface area contributed by atoms with Gasteiger partial charge in [-0.05, 0) is 99.7 Å². The molecule has 0 saturated carbocycles. The number of hydrogen-bond donors (Lipinski definition) is 5. The Bertz CT molecular complexity index is 2320. The van der Waals surface area contributed by atoms with Crippen molar-refractivity contribution in [2.75, 3.05) is 40.5 Å². The molecule has 0 bridgehead atoms. The van der Waals surface area contributed by atoms with E-state index in [9.17, 15) is 30.3 Å². The molecule has 1 unspecified atom stereocenters. The quantitative estimate of drug-likeness (QED) is 0.0326. The number of aliphatic hydroxyl groups excluding tert-OH is 3. The number of esters is 1. The molecule has 2 aromatic carbocycles. The van der Waals surface area contributed by atoms with Gasteiger partial charge in [0.15, 0.2) is 6.29 Å². The van der Waals surface area contributed by atoms with Crippen LogP contribution in [0, 0.1) is 23.7 Å². The van der Waals surface area contributed by atoms with Crippen molar-refractivity contribution in [2.24, 2.45) is 30.7 Å². The first-order valence-corrected chi connectivity index (χ1v) is 34.2. The molecular weight excluding hydrogens is 1070 g/mol. The van der Waals surface area contributed by atoms with Crippen LogP contribution in [0.25, 0.3) is 0 Å². The van der Waals surface area contributed by atoms with Crippen LogP contribution in [0.5, 0.6) is 0 Å². The predicted molar refractivity (Wildman–Crippen MR) is 335 cm³/mol.